The normalized spacial score (nSPS) is 28.1. The second-order valence-corrected chi connectivity index (χ2v) is 4.64. The molecule has 17 heavy (non-hydrogen) atoms. The monoisotopic (exact) mass is 257 g/mol. The SMILES string of the molecule is CON=CC1=C(C(=O)O)N2C(=O)[C@@H](N)[C@@H]2SC1. The van der Waals surface area contributed by atoms with Gasteiger partial charge in [0.1, 0.15) is 24.2 Å². The summed E-state index contributed by atoms with van der Waals surface area (Å²) in [6, 6.07) is -0.615. The Labute approximate surface area is 101 Å². The molecule has 2 aliphatic rings. The van der Waals surface area contributed by atoms with Gasteiger partial charge in [0.15, 0.2) is 0 Å². The van der Waals surface area contributed by atoms with Crippen LogP contribution in [0.15, 0.2) is 16.4 Å². The van der Waals surface area contributed by atoms with Gasteiger partial charge in [0.05, 0.1) is 6.21 Å². The molecule has 0 aromatic rings. The first-order chi connectivity index (χ1) is 8.07. The molecule has 0 unspecified atom stereocenters. The number of hydrogen-bond acceptors (Lipinski definition) is 6. The quantitative estimate of drug-likeness (QED) is 0.389. The average Bonchev–Trinajstić information content (AvgIpc) is 2.33. The molecule has 2 heterocycles. The van der Waals surface area contributed by atoms with E-state index in [0.717, 1.165) is 0 Å². The van der Waals surface area contributed by atoms with Crippen LogP contribution in [-0.2, 0) is 14.4 Å². The fourth-order valence-electron chi connectivity index (χ4n) is 1.76. The Kier molecular flexibility index (Phi) is 3.07. The van der Waals surface area contributed by atoms with Crippen molar-refractivity contribution in [2.45, 2.75) is 11.4 Å². The fraction of sp³-hybridized carbons (Fsp3) is 0.444. The van der Waals surface area contributed by atoms with Gasteiger partial charge in [-0.1, -0.05) is 5.16 Å². The maximum absolute atomic E-state index is 11.5. The van der Waals surface area contributed by atoms with Crippen molar-refractivity contribution < 1.29 is 19.5 Å². The van der Waals surface area contributed by atoms with Crippen LogP contribution in [0.2, 0.25) is 0 Å². The number of thioether (sulfide) groups is 1. The number of carboxylic acid groups (broad SMARTS) is 1. The molecule has 92 valence electrons. The summed E-state index contributed by atoms with van der Waals surface area (Å²) in [4.78, 5) is 28.4. The van der Waals surface area contributed by atoms with Gasteiger partial charge >= 0.3 is 5.97 Å². The van der Waals surface area contributed by atoms with Gasteiger partial charge in [0.25, 0.3) is 0 Å². The highest BCUT2D eigenvalue weighted by Crippen LogP contribution is 2.38. The molecule has 3 N–H and O–H groups in total. The number of nitrogens with zero attached hydrogens (tertiary/aromatic N) is 2. The molecule has 0 spiro atoms. The molecule has 8 heteroatoms. The minimum atomic E-state index is -1.16. The zero-order valence-electron chi connectivity index (χ0n) is 8.99. The lowest BCUT2D eigenvalue weighted by Crippen LogP contribution is -2.68. The number of aliphatic carboxylic acids is 1. The van der Waals surface area contributed by atoms with Gasteiger partial charge in [-0.3, -0.25) is 9.69 Å². The summed E-state index contributed by atoms with van der Waals surface area (Å²) >= 11 is 1.42. The van der Waals surface area contributed by atoms with E-state index >= 15 is 0 Å². The van der Waals surface area contributed by atoms with Gasteiger partial charge in [-0.05, 0) is 0 Å². The zero-order chi connectivity index (χ0) is 12.6. The van der Waals surface area contributed by atoms with E-state index < -0.39 is 12.0 Å². The largest absolute Gasteiger partial charge is 0.477 e. The molecule has 0 aromatic carbocycles. The third kappa shape index (κ3) is 1.79. The van der Waals surface area contributed by atoms with Crippen LogP contribution in [0, 0.1) is 0 Å². The lowest BCUT2D eigenvalue weighted by molar-refractivity contribution is -0.147. The number of oxime groups is 1. The van der Waals surface area contributed by atoms with E-state index in [0.29, 0.717) is 11.3 Å². The molecule has 0 saturated carbocycles. The Morgan fingerprint density at radius 1 is 1.76 bits per heavy atom. The minimum Gasteiger partial charge on any atom is -0.477 e. The summed E-state index contributed by atoms with van der Waals surface area (Å²) in [5, 5.41) is 12.4. The number of carboxylic acids is 1. The van der Waals surface area contributed by atoms with Gasteiger partial charge in [-0.2, -0.15) is 0 Å². The van der Waals surface area contributed by atoms with Crippen molar-refractivity contribution in [1.82, 2.24) is 4.90 Å². The predicted octanol–water partition coefficient (Wildman–Crippen LogP) is -0.800. The van der Waals surface area contributed by atoms with Crippen molar-refractivity contribution in [1.29, 1.82) is 0 Å². The molecule has 0 aliphatic carbocycles. The van der Waals surface area contributed by atoms with E-state index in [1.807, 2.05) is 0 Å². The number of carbonyl (C=O) groups excluding carboxylic acids is 1. The van der Waals surface area contributed by atoms with Gasteiger partial charge in [-0.15, -0.1) is 11.8 Å². The Morgan fingerprint density at radius 2 is 2.47 bits per heavy atom. The fourth-order valence-corrected chi connectivity index (χ4v) is 3.00. The van der Waals surface area contributed by atoms with Gasteiger partial charge < -0.3 is 15.7 Å². The van der Waals surface area contributed by atoms with E-state index in [-0.39, 0.29) is 17.0 Å². The molecular formula is C9H11N3O4S. The maximum Gasteiger partial charge on any atom is 0.353 e. The number of β-lactam (4-membered cyclic amide) rings is 1. The van der Waals surface area contributed by atoms with Crippen molar-refractivity contribution in [2.24, 2.45) is 10.9 Å². The van der Waals surface area contributed by atoms with Crippen molar-refractivity contribution in [3.05, 3.63) is 11.3 Å². The van der Waals surface area contributed by atoms with Crippen LogP contribution in [0.4, 0.5) is 0 Å². The number of amides is 1. The standard InChI is InChI=1S/C9H11N3O4S/c1-16-11-2-4-3-17-8-5(10)7(13)12(8)6(4)9(14)15/h2,5,8H,3,10H2,1H3,(H,14,15)/t5-,8+/m1/s1. The molecule has 2 atom stereocenters. The van der Waals surface area contributed by atoms with Crippen LogP contribution in [-0.4, -0.2) is 52.4 Å². The Morgan fingerprint density at radius 3 is 3.06 bits per heavy atom. The Hall–Kier alpha value is -1.54. The highest BCUT2D eigenvalue weighted by atomic mass is 32.2. The van der Waals surface area contributed by atoms with Gasteiger partial charge in [0.2, 0.25) is 5.91 Å². The minimum absolute atomic E-state index is 0.0544. The second-order valence-electron chi connectivity index (χ2n) is 3.53. The van der Waals surface area contributed by atoms with Crippen LogP contribution in [0.3, 0.4) is 0 Å². The first-order valence-electron chi connectivity index (χ1n) is 4.81. The molecule has 0 radical (unpaired) electrons. The van der Waals surface area contributed by atoms with E-state index in [9.17, 15) is 9.59 Å². The summed E-state index contributed by atoms with van der Waals surface area (Å²) in [6.45, 7) is 0. The Balaban J connectivity index is 2.36. The predicted molar refractivity (Wildman–Crippen MR) is 61.2 cm³/mol. The van der Waals surface area contributed by atoms with Crippen molar-refractivity contribution in [3.63, 3.8) is 0 Å². The third-order valence-corrected chi connectivity index (χ3v) is 3.88. The van der Waals surface area contributed by atoms with Gasteiger partial charge in [-0.25, -0.2) is 4.79 Å². The smallest absolute Gasteiger partial charge is 0.353 e. The summed E-state index contributed by atoms with van der Waals surface area (Å²) < 4.78 is 0. The Bertz CT molecular complexity index is 434. The molecule has 1 amide bonds. The van der Waals surface area contributed by atoms with E-state index in [2.05, 4.69) is 9.99 Å². The van der Waals surface area contributed by atoms with Crippen LogP contribution < -0.4 is 5.73 Å². The lowest BCUT2D eigenvalue weighted by atomic mass is 10.0. The lowest BCUT2D eigenvalue weighted by Gasteiger charge is -2.47. The van der Waals surface area contributed by atoms with Gasteiger partial charge in [0, 0.05) is 11.3 Å². The second kappa shape index (κ2) is 4.38. The van der Waals surface area contributed by atoms with Crippen molar-refractivity contribution in [3.8, 4) is 0 Å². The number of nitrogens with two attached hydrogens (primary N) is 1. The molecule has 0 aromatic heterocycles. The summed E-state index contributed by atoms with van der Waals surface area (Å²) in [6.07, 6.45) is 1.31. The van der Waals surface area contributed by atoms with E-state index in [1.165, 1.54) is 30.0 Å². The first-order valence-corrected chi connectivity index (χ1v) is 5.86. The van der Waals surface area contributed by atoms with Crippen LogP contribution >= 0.6 is 11.8 Å². The zero-order valence-corrected chi connectivity index (χ0v) is 9.81. The summed E-state index contributed by atoms with van der Waals surface area (Å²) in [7, 11) is 1.36. The molecule has 2 rings (SSSR count). The first kappa shape index (κ1) is 11.9. The third-order valence-electron chi connectivity index (χ3n) is 2.56. The summed E-state index contributed by atoms with van der Waals surface area (Å²) in [5.74, 6) is -1.09. The highest BCUT2D eigenvalue weighted by molar-refractivity contribution is 8.00. The number of fused-ring (bicyclic) bond motifs is 1. The number of hydrogen-bond donors (Lipinski definition) is 2. The van der Waals surface area contributed by atoms with Crippen molar-refractivity contribution in [2.75, 3.05) is 12.9 Å². The molecule has 7 nitrogen and oxygen atoms in total. The number of carbonyl (C=O) groups is 2. The van der Waals surface area contributed by atoms with Crippen molar-refractivity contribution >= 4 is 29.9 Å². The topological polar surface area (TPSA) is 105 Å². The maximum atomic E-state index is 11.5. The molecule has 2 aliphatic heterocycles. The summed E-state index contributed by atoms with van der Waals surface area (Å²) in [5.41, 5.74) is 5.99. The number of rotatable bonds is 3. The molecule has 1 fully saturated rings. The van der Waals surface area contributed by atoms with Crippen LogP contribution in [0.1, 0.15) is 0 Å². The van der Waals surface area contributed by atoms with Crippen LogP contribution in [0.5, 0.6) is 0 Å². The average molecular weight is 257 g/mol. The molecule has 0 bridgehead atoms. The molecular weight excluding hydrogens is 246 g/mol. The van der Waals surface area contributed by atoms with Crippen LogP contribution in [0.25, 0.3) is 0 Å². The highest BCUT2D eigenvalue weighted by Gasteiger charge is 2.51. The van der Waals surface area contributed by atoms with E-state index in [1.54, 1.807) is 0 Å². The molecule has 1 saturated heterocycles. The van der Waals surface area contributed by atoms with E-state index in [4.69, 9.17) is 10.8 Å².